The number of rotatable bonds is 14. The number of nitrogens with zero attached hydrogens (tertiary/aromatic N) is 1. The molecular formula is C34H41NO4SSi. The van der Waals surface area contributed by atoms with Crippen molar-refractivity contribution in [3.63, 3.8) is 0 Å². The Morgan fingerprint density at radius 2 is 1.54 bits per heavy atom. The van der Waals surface area contributed by atoms with E-state index in [-0.39, 0.29) is 17.1 Å². The summed E-state index contributed by atoms with van der Waals surface area (Å²) in [5.74, 6) is 0.921. The predicted molar refractivity (Wildman–Crippen MR) is 170 cm³/mol. The molecule has 0 aliphatic carbocycles. The third-order valence-electron chi connectivity index (χ3n) is 7.42. The summed E-state index contributed by atoms with van der Waals surface area (Å²) >= 11 is 1.63. The fraction of sp³-hybridized carbons (Fsp3) is 0.353. The number of hydrogen-bond acceptors (Lipinski definition) is 6. The molecule has 1 aromatic heterocycles. The van der Waals surface area contributed by atoms with Crippen molar-refractivity contribution in [2.75, 3.05) is 13.7 Å². The van der Waals surface area contributed by atoms with E-state index in [0.29, 0.717) is 26.1 Å². The summed E-state index contributed by atoms with van der Waals surface area (Å²) in [6.45, 7) is 9.81. The second-order valence-corrected chi connectivity index (χ2v) is 16.6. The average molecular weight is 588 g/mol. The maximum atomic E-state index is 11.1. The molecule has 41 heavy (non-hydrogen) atoms. The van der Waals surface area contributed by atoms with Crippen molar-refractivity contribution in [1.29, 1.82) is 0 Å². The molecular weight excluding hydrogens is 547 g/mol. The van der Waals surface area contributed by atoms with Crippen molar-refractivity contribution >= 4 is 36.3 Å². The molecule has 2 atom stereocenters. The van der Waals surface area contributed by atoms with Crippen LogP contribution in [-0.4, -0.2) is 39.4 Å². The first-order valence-electron chi connectivity index (χ1n) is 14.1. The number of aldehydes is 1. The first-order valence-corrected chi connectivity index (χ1v) is 16.9. The third-order valence-corrected chi connectivity index (χ3v) is 13.4. The number of methoxy groups -OCH3 is 1. The Bertz CT molecular complexity index is 1310. The fourth-order valence-corrected chi connectivity index (χ4v) is 10.9. The van der Waals surface area contributed by atoms with Crippen LogP contribution in [0.1, 0.15) is 56.3 Å². The van der Waals surface area contributed by atoms with Crippen molar-refractivity contribution in [3.8, 4) is 5.75 Å². The Morgan fingerprint density at radius 3 is 2.07 bits per heavy atom. The quantitative estimate of drug-likeness (QED) is 0.124. The minimum absolute atomic E-state index is 0.0971. The standard InChI is InChI=1S/C34H41NO4SSi/c1-26(20-21-36)32-25-40-33(35-32)22-29(24-38-23-27-16-18-28(37-5)19-17-27)39-41(34(2,3)4,30-12-8-6-9-13-30)31-14-10-7-11-15-31/h6-19,21,25-26,29H,20,22-24H2,1-5H3/t26-,29-/m0/s1. The number of thiazole rings is 1. The lowest BCUT2D eigenvalue weighted by molar-refractivity contribution is -0.108. The molecule has 7 heteroatoms. The van der Waals surface area contributed by atoms with Gasteiger partial charge in [0.25, 0.3) is 8.32 Å². The summed E-state index contributed by atoms with van der Waals surface area (Å²) in [5, 5.41) is 5.38. The van der Waals surface area contributed by atoms with Gasteiger partial charge in [-0.25, -0.2) is 4.98 Å². The Labute approximate surface area is 249 Å². The molecule has 1 heterocycles. The lowest BCUT2D eigenvalue weighted by atomic mass is 10.1. The van der Waals surface area contributed by atoms with E-state index in [1.54, 1.807) is 18.4 Å². The number of aromatic nitrogens is 1. The van der Waals surface area contributed by atoms with Crippen molar-refractivity contribution in [2.45, 2.75) is 64.2 Å². The van der Waals surface area contributed by atoms with E-state index in [0.717, 1.165) is 28.3 Å². The van der Waals surface area contributed by atoms with E-state index < -0.39 is 8.32 Å². The Morgan fingerprint density at radius 1 is 0.927 bits per heavy atom. The highest BCUT2D eigenvalue weighted by Gasteiger charge is 2.51. The summed E-state index contributed by atoms with van der Waals surface area (Å²) in [6, 6.07) is 29.3. The largest absolute Gasteiger partial charge is 0.497 e. The van der Waals surface area contributed by atoms with Crippen LogP contribution >= 0.6 is 11.3 Å². The van der Waals surface area contributed by atoms with Crippen molar-refractivity contribution in [2.24, 2.45) is 0 Å². The molecule has 3 aromatic carbocycles. The summed E-state index contributed by atoms with van der Waals surface area (Å²) < 4.78 is 19.1. The topological polar surface area (TPSA) is 57.7 Å². The number of ether oxygens (including phenoxy) is 2. The molecule has 0 aliphatic rings. The second kappa shape index (κ2) is 14.2. The van der Waals surface area contributed by atoms with Crippen LogP contribution in [0.2, 0.25) is 5.04 Å². The van der Waals surface area contributed by atoms with Crippen LogP contribution in [0.3, 0.4) is 0 Å². The lowest BCUT2D eigenvalue weighted by Crippen LogP contribution is -2.68. The highest BCUT2D eigenvalue weighted by Crippen LogP contribution is 2.38. The van der Waals surface area contributed by atoms with Gasteiger partial charge in [-0.15, -0.1) is 11.3 Å². The number of benzene rings is 3. The average Bonchev–Trinajstić information content (AvgIpc) is 3.45. The molecule has 216 valence electrons. The molecule has 5 nitrogen and oxygen atoms in total. The molecule has 0 spiro atoms. The number of carbonyl (C=O) groups excluding carboxylic acids is 1. The van der Waals surface area contributed by atoms with Gasteiger partial charge >= 0.3 is 0 Å². The lowest BCUT2D eigenvalue weighted by Gasteiger charge is -2.45. The van der Waals surface area contributed by atoms with E-state index in [1.807, 2.05) is 31.2 Å². The Kier molecular flexibility index (Phi) is 10.7. The minimum Gasteiger partial charge on any atom is -0.497 e. The summed E-state index contributed by atoms with van der Waals surface area (Å²) in [5.41, 5.74) is 2.04. The maximum Gasteiger partial charge on any atom is 0.261 e. The Hall–Kier alpha value is -3.10. The van der Waals surface area contributed by atoms with Crippen LogP contribution in [0.25, 0.3) is 0 Å². The molecule has 0 fully saturated rings. The monoisotopic (exact) mass is 587 g/mol. The van der Waals surface area contributed by atoms with Gasteiger partial charge in [-0.1, -0.05) is 100 Å². The van der Waals surface area contributed by atoms with Crippen LogP contribution in [0.5, 0.6) is 5.75 Å². The first kappa shape index (κ1) is 30.8. The minimum atomic E-state index is -2.80. The van der Waals surface area contributed by atoms with E-state index in [1.165, 1.54) is 10.4 Å². The zero-order valence-electron chi connectivity index (χ0n) is 24.7. The van der Waals surface area contributed by atoms with E-state index in [2.05, 4.69) is 86.8 Å². The number of hydrogen-bond donors (Lipinski definition) is 0. The molecule has 0 saturated carbocycles. The van der Waals surface area contributed by atoms with Crippen LogP contribution in [0.4, 0.5) is 0 Å². The maximum absolute atomic E-state index is 11.1. The zero-order valence-corrected chi connectivity index (χ0v) is 26.5. The molecule has 0 saturated heterocycles. The highest BCUT2D eigenvalue weighted by molar-refractivity contribution is 7.09. The van der Waals surface area contributed by atoms with Gasteiger partial charge < -0.3 is 18.7 Å². The molecule has 4 aromatic rings. The van der Waals surface area contributed by atoms with Crippen LogP contribution in [0.15, 0.2) is 90.3 Å². The van der Waals surface area contributed by atoms with E-state index in [9.17, 15) is 4.79 Å². The van der Waals surface area contributed by atoms with Gasteiger partial charge in [0.05, 0.1) is 37.1 Å². The molecule has 0 bridgehead atoms. The normalized spacial score (nSPS) is 13.5. The first-order chi connectivity index (χ1) is 19.8. The number of carbonyl (C=O) groups is 1. The second-order valence-electron chi connectivity index (χ2n) is 11.4. The molecule has 0 unspecified atom stereocenters. The van der Waals surface area contributed by atoms with Gasteiger partial charge in [0, 0.05) is 24.1 Å². The summed E-state index contributed by atoms with van der Waals surface area (Å²) in [7, 11) is -1.13. The highest BCUT2D eigenvalue weighted by atomic mass is 32.1. The molecule has 0 N–H and O–H groups in total. The van der Waals surface area contributed by atoms with Crippen molar-refractivity contribution in [3.05, 3.63) is 107 Å². The smallest absolute Gasteiger partial charge is 0.261 e. The van der Waals surface area contributed by atoms with Crippen LogP contribution in [0, 0.1) is 0 Å². The molecule has 0 amide bonds. The fourth-order valence-electron chi connectivity index (χ4n) is 5.21. The van der Waals surface area contributed by atoms with Gasteiger partial charge in [0.15, 0.2) is 0 Å². The SMILES string of the molecule is COc1ccc(COC[C@H](Cc2nc([C@@H](C)CC=O)cs2)O[Si](c2ccccc2)(c2ccccc2)C(C)(C)C)cc1. The van der Waals surface area contributed by atoms with Crippen molar-refractivity contribution < 1.29 is 18.7 Å². The van der Waals surface area contributed by atoms with E-state index >= 15 is 0 Å². The molecule has 4 rings (SSSR count). The zero-order chi connectivity index (χ0) is 29.3. The van der Waals surface area contributed by atoms with Gasteiger partial charge in [-0.05, 0) is 33.1 Å². The Balaban J connectivity index is 1.68. The summed E-state index contributed by atoms with van der Waals surface area (Å²) in [4.78, 5) is 16.0. The predicted octanol–water partition coefficient (Wildman–Crippen LogP) is 6.55. The van der Waals surface area contributed by atoms with Crippen LogP contribution < -0.4 is 15.1 Å². The third kappa shape index (κ3) is 7.60. The van der Waals surface area contributed by atoms with Crippen LogP contribution in [-0.2, 0) is 27.0 Å². The summed E-state index contributed by atoms with van der Waals surface area (Å²) in [6.07, 6.45) is 1.84. The molecule has 0 radical (unpaired) electrons. The van der Waals surface area contributed by atoms with Gasteiger partial charge in [-0.3, -0.25) is 0 Å². The van der Waals surface area contributed by atoms with E-state index in [4.69, 9.17) is 18.9 Å². The van der Waals surface area contributed by atoms with Crippen molar-refractivity contribution in [1.82, 2.24) is 4.98 Å². The van der Waals surface area contributed by atoms with Gasteiger partial charge in [-0.2, -0.15) is 0 Å². The van der Waals surface area contributed by atoms with Gasteiger partial charge in [0.1, 0.15) is 12.0 Å². The van der Waals surface area contributed by atoms with Gasteiger partial charge in [0.2, 0.25) is 0 Å². The molecule has 0 aliphatic heterocycles.